The number of hydrogen-bond acceptors (Lipinski definition) is 3. The van der Waals surface area contributed by atoms with Crippen molar-refractivity contribution in [3.8, 4) is 0 Å². The summed E-state index contributed by atoms with van der Waals surface area (Å²) in [5, 5.41) is 10.3. The Bertz CT molecular complexity index is 550. The van der Waals surface area contributed by atoms with Crippen molar-refractivity contribution >= 4 is 43.2 Å². The zero-order valence-electron chi connectivity index (χ0n) is 11.7. The second kappa shape index (κ2) is 7.73. The van der Waals surface area contributed by atoms with Gasteiger partial charge in [0.1, 0.15) is 0 Å². The van der Waals surface area contributed by atoms with Gasteiger partial charge in [-0.05, 0) is 62.7 Å². The standard InChI is InChI=1S/C14H19Br2N3S/c1-3-6-17-12(14-10(15)5-8-20-14)13-11(16)9-18-19(13)7-4-2/h5,8-9,12,17H,3-4,6-7H2,1-2H3. The number of halogens is 2. The fourth-order valence-electron chi connectivity index (χ4n) is 2.16. The van der Waals surface area contributed by atoms with Gasteiger partial charge in [-0.2, -0.15) is 5.10 Å². The topological polar surface area (TPSA) is 29.9 Å². The summed E-state index contributed by atoms with van der Waals surface area (Å²) in [6.45, 7) is 6.29. The fraction of sp³-hybridized carbons (Fsp3) is 0.500. The summed E-state index contributed by atoms with van der Waals surface area (Å²) in [4.78, 5) is 1.30. The lowest BCUT2D eigenvalue weighted by atomic mass is 10.1. The Morgan fingerprint density at radius 2 is 2.10 bits per heavy atom. The van der Waals surface area contributed by atoms with Gasteiger partial charge in [-0.1, -0.05) is 13.8 Å². The first kappa shape index (κ1) is 16.2. The molecule has 2 heterocycles. The van der Waals surface area contributed by atoms with Crippen LogP contribution in [0.1, 0.15) is 43.3 Å². The lowest BCUT2D eigenvalue weighted by Crippen LogP contribution is -2.26. The first-order valence-electron chi connectivity index (χ1n) is 6.86. The van der Waals surface area contributed by atoms with Gasteiger partial charge in [-0.25, -0.2) is 0 Å². The second-order valence-corrected chi connectivity index (χ2v) is 7.28. The highest BCUT2D eigenvalue weighted by Gasteiger charge is 2.24. The average molecular weight is 421 g/mol. The zero-order chi connectivity index (χ0) is 14.5. The highest BCUT2D eigenvalue weighted by Crippen LogP contribution is 2.36. The second-order valence-electron chi connectivity index (χ2n) is 4.62. The molecule has 1 N–H and O–H groups in total. The van der Waals surface area contributed by atoms with Gasteiger partial charge in [0.05, 0.1) is 22.4 Å². The first-order chi connectivity index (χ1) is 9.69. The summed E-state index contributed by atoms with van der Waals surface area (Å²) in [5.41, 5.74) is 1.21. The van der Waals surface area contributed by atoms with Crippen LogP contribution in [0.2, 0.25) is 0 Å². The highest BCUT2D eigenvalue weighted by atomic mass is 79.9. The van der Waals surface area contributed by atoms with Crippen molar-refractivity contribution in [2.24, 2.45) is 0 Å². The monoisotopic (exact) mass is 419 g/mol. The quantitative estimate of drug-likeness (QED) is 0.685. The number of nitrogens with one attached hydrogen (secondary N) is 1. The Morgan fingerprint density at radius 3 is 2.70 bits per heavy atom. The molecule has 110 valence electrons. The van der Waals surface area contributed by atoms with Crippen molar-refractivity contribution in [3.05, 3.63) is 37.2 Å². The number of thiophene rings is 1. The van der Waals surface area contributed by atoms with Crippen molar-refractivity contribution in [1.82, 2.24) is 15.1 Å². The van der Waals surface area contributed by atoms with E-state index in [2.05, 4.69) is 72.3 Å². The van der Waals surface area contributed by atoms with E-state index in [0.29, 0.717) is 0 Å². The molecule has 0 fully saturated rings. The fourth-order valence-corrected chi connectivity index (χ4v) is 4.37. The van der Waals surface area contributed by atoms with Crippen molar-refractivity contribution in [1.29, 1.82) is 0 Å². The molecule has 0 spiro atoms. The molecule has 0 amide bonds. The van der Waals surface area contributed by atoms with Crippen LogP contribution >= 0.6 is 43.2 Å². The molecule has 3 nitrogen and oxygen atoms in total. The normalized spacial score (nSPS) is 12.8. The summed E-state index contributed by atoms with van der Waals surface area (Å²) >= 11 is 9.08. The van der Waals surface area contributed by atoms with E-state index in [-0.39, 0.29) is 6.04 Å². The molecule has 0 aliphatic carbocycles. The van der Waals surface area contributed by atoms with E-state index in [1.807, 2.05) is 6.20 Å². The van der Waals surface area contributed by atoms with Gasteiger partial charge >= 0.3 is 0 Å². The van der Waals surface area contributed by atoms with Gasteiger partial charge in [0.25, 0.3) is 0 Å². The average Bonchev–Trinajstić information content (AvgIpc) is 3.00. The minimum absolute atomic E-state index is 0.174. The Balaban J connectivity index is 2.41. The van der Waals surface area contributed by atoms with Crippen LogP contribution in [-0.2, 0) is 6.54 Å². The maximum Gasteiger partial charge on any atom is 0.0864 e. The minimum atomic E-state index is 0.174. The van der Waals surface area contributed by atoms with E-state index in [1.165, 1.54) is 10.6 Å². The summed E-state index contributed by atoms with van der Waals surface area (Å²) in [7, 11) is 0. The maximum absolute atomic E-state index is 4.49. The molecule has 2 rings (SSSR count). The minimum Gasteiger partial charge on any atom is -0.304 e. The number of nitrogens with zero attached hydrogens (tertiary/aromatic N) is 2. The van der Waals surface area contributed by atoms with Crippen LogP contribution in [0.15, 0.2) is 26.6 Å². The van der Waals surface area contributed by atoms with E-state index < -0.39 is 0 Å². The lowest BCUT2D eigenvalue weighted by molar-refractivity contribution is 0.513. The molecule has 2 aromatic heterocycles. The van der Waals surface area contributed by atoms with Gasteiger partial charge in [-0.3, -0.25) is 4.68 Å². The number of rotatable bonds is 7. The molecule has 0 saturated heterocycles. The molecule has 0 bridgehead atoms. The molecule has 0 aliphatic heterocycles. The molecule has 6 heteroatoms. The molecule has 1 unspecified atom stereocenters. The molecule has 20 heavy (non-hydrogen) atoms. The number of aromatic nitrogens is 2. The van der Waals surface area contributed by atoms with Gasteiger partial charge in [0.2, 0.25) is 0 Å². The Morgan fingerprint density at radius 1 is 1.30 bits per heavy atom. The molecule has 1 atom stereocenters. The zero-order valence-corrected chi connectivity index (χ0v) is 15.7. The predicted molar refractivity (Wildman–Crippen MR) is 92.4 cm³/mol. The van der Waals surface area contributed by atoms with Crippen LogP contribution in [-0.4, -0.2) is 16.3 Å². The van der Waals surface area contributed by atoms with Crippen LogP contribution in [0.3, 0.4) is 0 Å². The van der Waals surface area contributed by atoms with Crippen LogP contribution < -0.4 is 5.32 Å². The van der Waals surface area contributed by atoms with Gasteiger partial charge in [0, 0.05) is 15.9 Å². The Kier molecular flexibility index (Phi) is 6.26. The van der Waals surface area contributed by atoms with Gasteiger partial charge < -0.3 is 5.32 Å². The molecular weight excluding hydrogens is 402 g/mol. The lowest BCUT2D eigenvalue weighted by Gasteiger charge is -2.20. The van der Waals surface area contributed by atoms with Crippen molar-refractivity contribution in [2.75, 3.05) is 6.54 Å². The van der Waals surface area contributed by atoms with Crippen LogP contribution in [0, 0.1) is 0 Å². The van der Waals surface area contributed by atoms with E-state index in [0.717, 1.165) is 34.9 Å². The van der Waals surface area contributed by atoms with Crippen molar-refractivity contribution in [2.45, 2.75) is 39.3 Å². The van der Waals surface area contributed by atoms with Crippen LogP contribution in [0.25, 0.3) is 0 Å². The van der Waals surface area contributed by atoms with Crippen LogP contribution in [0.5, 0.6) is 0 Å². The van der Waals surface area contributed by atoms with E-state index in [9.17, 15) is 0 Å². The largest absolute Gasteiger partial charge is 0.304 e. The van der Waals surface area contributed by atoms with Gasteiger partial charge in [-0.15, -0.1) is 11.3 Å². The third kappa shape index (κ3) is 3.53. The van der Waals surface area contributed by atoms with Crippen molar-refractivity contribution in [3.63, 3.8) is 0 Å². The van der Waals surface area contributed by atoms with Gasteiger partial charge in [0.15, 0.2) is 0 Å². The third-order valence-electron chi connectivity index (χ3n) is 3.05. The summed E-state index contributed by atoms with van der Waals surface area (Å²) < 4.78 is 4.33. The number of hydrogen-bond donors (Lipinski definition) is 1. The molecule has 0 aliphatic rings. The molecule has 0 radical (unpaired) electrons. The third-order valence-corrected chi connectivity index (χ3v) is 5.59. The van der Waals surface area contributed by atoms with E-state index in [4.69, 9.17) is 0 Å². The van der Waals surface area contributed by atoms with E-state index >= 15 is 0 Å². The molecule has 2 aromatic rings. The smallest absolute Gasteiger partial charge is 0.0864 e. The van der Waals surface area contributed by atoms with E-state index in [1.54, 1.807) is 11.3 Å². The maximum atomic E-state index is 4.49. The summed E-state index contributed by atoms with van der Waals surface area (Å²) in [6.07, 6.45) is 4.08. The SMILES string of the molecule is CCCNC(c1sccc1Br)c1c(Br)cnn1CCC. The highest BCUT2D eigenvalue weighted by molar-refractivity contribution is 9.10. The Hall–Kier alpha value is -0.170. The molecule has 0 saturated carbocycles. The van der Waals surface area contributed by atoms with Crippen molar-refractivity contribution < 1.29 is 0 Å². The predicted octanol–water partition coefficient (Wildman–Crippen LogP) is 4.97. The first-order valence-corrected chi connectivity index (χ1v) is 9.33. The number of aryl methyl sites for hydroxylation is 1. The summed E-state index contributed by atoms with van der Waals surface area (Å²) in [5.74, 6) is 0. The molecular formula is C14H19Br2N3S. The van der Waals surface area contributed by atoms with Crippen LogP contribution in [0.4, 0.5) is 0 Å². The summed E-state index contributed by atoms with van der Waals surface area (Å²) in [6, 6.07) is 2.28. The Labute approximate surface area is 141 Å². The molecule has 0 aromatic carbocycles.